The van der Waals surface area contributed by atoms with Gasteiger partial charge >= 0.3 is 5.97 Å². The van der Waals surface area contributed by atoms with Crippen molar-refractivity contribution in [2.24, 2.45) is 0 Å². The second kappa shape index (κ2) is 6.73. The molecule has 1 aliphatic rings. The van der Waals surface area contributed by atoms with Crippen LogP contribution in [0.5, 0.6) is 0 Å². The molecule has 0 aliphatic carbocycles. The molecule has 1 amide bonds. The lowest BCUT2D eigenvalue weighted by Gasteiger charge is -2.25. The van der Waals surface area contributed by atoms with E-state index in [0.29, 0.717) is 10.0 Å². The van der Waals surface area contributed by atoms with E-state index in [2.05, 4.69) is 20.9 Å². The number of fused-ring (bicyclic) bond motifs is 1. The predicted octanol–water partition coefficient (Wildman–Crippen LogP) is 3.37. The topological polar surface area (TPSA) is 59.5 Å². The van der Waals surface area contributed by atoms with Gasteiger partial charge in [0.2, 0.25) is 0 Å². The number of benzene rings is 1. The Morgan fingerprint density at radius 3 is 2.83 bits per heavy atom. The van der Waals surface area contributed by atoms with Crippen molar-refractivity contribution in [3.8, 4) is 0 Å². The number of pyridine rings is 1. The molecule has 124 valence electrons. The standard InChI is InChI=1S/C18H17BrN2O3/c1-11-7-13-5-3-4-6-16(13)21(11)17(22)12(2)24-18(23)14-8-15(19)10-20-9-14/h3-6,8-12H,7H2,1-2H3/t11-,12+/m1/s1. The predicted molar refractivity (Wildman–Crippen MR) is 93.9 cm³/mol. The van der Waals surface area contributed by atoms with E-state index in [1.54, 1.807) is 24.1 Å². The number of carbonyl (C=O) groups excluding carboxylic acids is 2. The molecular weight excluding hydrogens is 372 g/mol. The monoisotopic (exact) mass is 388 g/mol. The summed E-state index contributed by atoms with van der Waals surface area (Å²) in [5.41, 5.74) is 2.33. The first-order valence-electron chi connectivity index (χ1n) is 7.70. The summed E-state index contributed by atoms with van der Waals surface area (Å²) in [7, 11) is 0. The van der Waals surface area contributed by atoms with Crippen molar-refractivity contribution < 1.29 is 14.3 Å². The Morgan fingerprint density at radius 1 is 1.33 bits per heavy atom. The number of rotatable bonds is 3. The minimum absolute atomic E-state index is 0.0450. The lowest BCUT2D eigenvalue weighted by atomic mass is 10.1. The molecule has 0 unspecified atom stereocenters. The molecule has 0 spiro atoms. The lowest BCUT2D eigenvalue weighted by molar-refractivity contribution is -0.126. The van der Waals surface area contributed by atoms with Gasteiger partial charge in [-0.25, -0.2) is 4.79 Å². The molecule has 1 aliphatic heterocycles. The highest BCUT2D eigenvalue weighted by atomic mass is 79.9. The molecule has 2 aromatic rings. The first-order chi connectivity index (χ1) is 11.5. The third-order valence-corrected chi connectivity index (χ3v) is 4.45. The van der Waals surface area contributed by atoms with Gasteiger partial charge in [-0.2, -0.15) is 0 Å². The molecule has 0 N–H and O–H groups in total. The van der Waals surface area contributed by atoms with Crippen molar-refractivity contribution in [1.29, 1.82) is 0 Å². The first-order valence-corrected chi connectivity index (χ1v) is 8.49. The van der Waals surface area contributed by atoms with Crippen molar-refractivity contribution in [3.63, 3.8) is 0 Å². The van der Waals surface area contributed by atoms with E-state index < -0.39 is 12.1 Å². The van der Waals surface area contributed by atoms with E-state index >= 15 is 0 Å². The van der Waals surface area contributed by atoms with Gasteiger partial charge in [0.05, 0.1) is 5.56 Å². The van der Waals surface area contributed by atoms with Gasteiger partial charge in [-0.15, -0.1) is 0 Å². The zero-order chi connectivity index (χ0) is 17.3. The third kappa shape index (κ3) is 3.19. The highest BCUT2D eigenvalue weighted by molar-refractivity contribution is 9.10. The summed E-state index contributed by atoms with van der Waals surface area (Å²) in [6, 6.07) is 9.46. The van der Waals surface area contributed by atoms with Gasteiger partial charge in [0.25, 0.3) is 5.91 Å². The summed E-state index contributed by atoms with van der Waals surface area (Å²) >= 11 is 3.26. The maximum atomic E-state index is 12.8. The molecule has 2 heterocycles. The Morgan fingerprint density at radius 2 is 2.08 bits per heavy atom. The van der Waals surface area contributed by atoms with Gasteiger partial charge in [-0.3, -0.25) is 9.78 Å². The number of esters is 1. The number of amides is 1. The molecule has 5 nitrogen and oxygen atoms in total. The highest BCUT2D eigenvalue weighted by Gasteiger charge is 2.34. The molecular formula is C18H17BrN2O3. The van der Waals surface area contributed by atoms with E-state index in [0.717, 1.165) is 17.7 Å². The van der Waals surface area contributed by atoms with Crippen LogP contribution in [0.1, 0.15) is 29.8 Å². The fraction of sp³-hybridized carbons (Fsp3) is 0.278. The highest BCUT2D eigenvalue weighted by Crippen LogP contribution is 2.32. The summed E-state index contributed by atoms with van der Waals surface area (Å²) in [6.07, 6.45) is 2.93. The van der Waals surface area contributed by atoms with Crippen LogP contribution in [-0.2, 0) is 16.0 Å². The van der Waals surface area contributed by atoms with Crippen molar-refractivity contribution >= 4 is 33.5 Å². The van der Waals surface area contributed by atoms with Gasteiger partial charge in [-0.05, 0) is 53.9 Å². The van der Waals surface area contributed by atoms with E-state index in [1.165, 1.54) is 6.20 Å². The van der Waals surface area contributed by atoms with Gasteiger partial charge < -0.3 is 9.64 Å². The van der Waals surface area contributed by atoms with E-state index in [1.807, 2.05) is 31.2 Å². The van der Waals surface area contributed by atoms with Gasteiger partial charge in [0.1, 0.15) is 0 Å². The Kier molecular flexibility index (Phi) is 4.66. The van der Waals surface area contributed by atoms with Crippen LogP contribution in [-0.4, -0.2) is 29.0 Å². The largest absolute Gasteiger partial charge is 0.449 e. The molecule has 0 saturated carbocycles. The quantitative estimate of drug-likeness (QED) is 0.756. The van der Waals surface area contributed by atoms with Gasteiger partial charge in [0, 0.05) is 28.6 Å². The van der Waals surface area contributed by atoms with Crippen LogP contribution in [0.2, 0.25) is 0 Å². The molecule has 6 heteroatoms. The maximum Gasteiger partial charge on any atom is 0.340 e. The van der Waals surface area contributed by atoms with Crippen molar-refractivity contribution in [2.45, 2.75) is 32.4 Å². The summed E-state index contributed by atoms with van der Waals surface area (Å²) < 4.78 is 6.02. The van der Waals surface area contributed by atoms with Crippen LogP contribution < -0.4 is 4.90 Å². The van der Waals surface area contributed by atoms with Crippen LogP contribution in [0.15, 0.2) is 47.2 Å². The fourth-order valence-corrected chi connectivity index (χ4v) is 3.26. The van der Waals surface area contributed by atoms with Crippen LogP contribution in [0.25, 0.3) is 0 Å². The number of anilines is 1. The lowest BCUT2D eigenvalue weighted by Crippen LogP contribution is -2.43. The van der Waals surface area contributed by atoms with E-state index in [9.17, 15) is 9.59 Å². The van der Waals surface area contributed by atoms with Crippen LogP contribution in [0, 0.1) is 0 Å². The summed E-state index contributed by atoms with van der Waals surface area (Å²) in [5, 5.41) is 0. The van der Waals surface area contributed by atoms with Gasteiger partial charge in [0.15, 0.2) is 6.10 Å². The molecule has 0 bridgehead atoms. The second-order valence-electron chi connectivity index (χ2n) is 5.83. The van der Waals surface area contributed by atoms with Crippen molar-refractivity contribution in [2.75, 3.05) is 4.90 Å². The maximum absolute atomic E-state index is 12.8. The molecule has 3 rings (SSSR count). The Labute approximate surface area is 148 Å². The number of nitrogens with zero attached hydrogens (tertiary/aromatic N) is 2. The minimum Gasteiger partial charge on any atom is -0.449 e. The summed E-state index contributed by atoms with van der Waals surface area (Å²) in [4.78, 5) is 30.6. The number of halogens is 1. The smallest absolute Gasteiger partial charge is 0.340 e. The summed E-state index contributed by atoms with van der Waals surface area (Å²) in [6.45, 7) is 3.59. The molecule has 0 fully saturated rings. The number of para-hydroxylation sites is 1. The number of hydrogen-bond donors (Lipinski definition) is 0. The molecule has 1 aromatic heterocycles. The SMILES string of the molecule is C[C@H](OC(=O)c1cncc(Br)c1)C(=O)N1c2ccccc2C[C@H]1C. The first kappa shape index (κ1) is 16.6. The van der Waals surface area contributed by atoms with Crippen LogP contribution >= 0.6 is 15.9 Å². The molecule has 24 heavy (non-hydrogen) atoms. The second-order valence-corrected chi connectivity index (χ2v) is 6.75. The average Bonchev–Trinajstić information content (AvgIpc) is 2.89. The number of ether oxygens (including phenoxy) is 1. The molecule has 0 saturated heterocycles. The molecule has 2 atom stereocenters. The Hall–Kier alpha value is -2.21. The average molecular weight is 389 g/mol. The Balaban J connectivity index is 1.75. The normalized spacial score (nSPS) is 17.3. The van der Waals surface area contributed by atoms with Gasteiger partial charge in [-0.1, -0.05) is 18.2 Å². The van der Waals surface area contributed by atoms with E-state index in [4.69, 9.17) is 4.74 Å². The van der Waals surface area contributed by atoms with Crippen molar-refractivity contribution in [1.82, 2.24) is 4.98 Å². The van der Waals surface area contributed by atoms with Crippen LogP contribution in [0.4, 0.5) is 5.69 Å². The fourth-order valence-electron chi connectivity index (χ4n) is 2.90. The molecule has 0 radical (unpaired) electrons. The number of aromatic nitrogens is 1. The minimum atomic E-state index is -0.870. The summed E-state index contributed by atoms with van der Waals surface area (Å²) in [5.74, 6) is -0.784. The number of hydrogen-bond acceptors (Lipinski definition) is 4. The van der Waals surface area contributed by atoms with Crippen LogP contribution in [0.3, 0.4) is 0 Å². The van der Waals surface area contributed by atoms with E-state index in [-0.39, 0.29) is 11.9 Å². The third-order valence-electron chi connectivity index (χ3n) is 4.02. The van der Waals surface area contributed by atoms with Crippen molar-refractivity contribution in [3.05, 3.63) is 58.3 Å². The zero-order valence-corrected chi connectivity index (χ0v) is 15.0. The molecule has 1 aromatic carbocycles. The number of carbonyl (C=O) groups is 2. The zero-order valence-electron chi connectivity index (χ0n) is 13.4. The Bertz CT molecular complexity index is 793.